The number of aliphatic hydroxyl groups excluding tert-OH is 1. The van der Waals surface area contributed by atoms with Crippen LogP contribution in [-0.2, 0) is 14.3 Å². The first-order valence-corrected chi connectivity index (χ1v) is 6.82. The van der Waals surface area contributed by atoms with Gasteiger partial charge < -0.3 is 30.5 Å². The van der Waals surface area contributed by atoms with Crippen LogP contribution in [0.15, 0.2) is 0 Å². The minimum atomic E-state index is -1.40. The number of aliphatic hydroxyl groups is 1. The number of hydrogen-bond donors (Lipinski definition) is 4. The van der Waals surface area contributed by atoms with Crippen molar-refractivity contribution >= 4 is 17.9 Å². The van der Waals surface area contributed by atoms with Gasteiger partial charge in [-0.1, -0.05) is 0 Å². The second-order valence-electron chi connectivity index (χ2n) is 5.09. The Bertz CT molecular complexity index is 425. The summed E-state index contributed by atoms with van der Waals surface area (Å²) in [7, 11) is 0. The lowest BCUT2D eigenvalue weighted by Crippen LogP contribution is -2.60. The van der Waals surface area contributed by atoms with E-state index in [4.69, 9.17) is 14.9 Å². The summed E-state index contributed by atoms with van der Waals surface area (Å²) in [5.41, 5.74) is 0. The third-order valence-electron chi connectivity index (χ3n) is 3.39. The molecular formula is C12H19N3O6. The van der Waals surface area contributed by atoms with Crippen molar-refractivity contribution in [2.24, 2.45) is 0 Å². The molecule has 0 spiro atoms. The minimum Gasteiger partial charge on any atom is -0.480 e. The number of nitrogens with zero attached hydrogens (tertiary/aromatic N) is 1. The summed E-state index contributed by atoms with van der Waals surface area (Å²) in [5.74, 6) is -1.64. The maximum absolute atomic E-state index is 12.1. The Hall–Kier alpha value is -1.87. The first-order chi connectivity index (χ1) is 10.0. The van der Waals surface area contributed by atoms with Gasteiger partial charge in [-0.3, -0.25) is 4.79 Å². The van der Waals surface area contributed by atoms with Crippen LogP contribution in [0.2, 0.25) is 0 Å². The fourth-order valence-electron chi connectivity index (χ4n) is 2.01. The number of carboxylic acid groups (broad SMARTS) is 1. The van der Waals surface area contributed by atoms with Crippen LogP contribution in [0.1, 0.15) is 12.8 Å². The van der Waals surface area contributed by atoms with Crippen molar-refractivity contribution in [1.82, 2.24) is 15.5 Å². The van der Waals surface area contributed by atoms with Crippen LogP contribution in [0.3, 0.4) is 0 Å². The van der Waals surface area contributed by atoms with Crippen molar-refractivity contribution in [3.8, 4) is 0 Å². The Morgan fingerprint density at radius 3 is 2.62 bits per heavy atom. The Morgan fingerprint density at radius 1 is 1.33 bits per heavy atom. The Labute approximate surface area is 121 Å². The van der Waals surface area contributed by atoms with Gasteiger partial charge in [0.05, 0.1) is 19.8 Å². The molecule has 0 radical (unpaired) electrons. The first kappa shape index (κ1) is 15.5. The number of aliphatic carboxylic acids is 1. The summed E-state index contributed by atoms with van der Waals surface area (Å²) in [6.07, 6.45) is 1.86. The molecule has 118 valence electrons. The molecule has 1 saturated carbocycles. The molecule has 21 heavy (non-hydrogen) atoms. The van der Waals surface area contributed by atoms with Crippen LogP contribution in [0.25, 0.3) is 0 Å². The van der Waals surface area contributed by atoms with Crippen molar-refractivity contribution in [2.45, 2.75) is 31.0 Å². The highest BCUT2D eigenvalue weighted by Gasteiger charge is 2.36. The van der Waals surface area contributed by atoms with Gasteiger partial charge in [-0.05, 0) is 12.8 Å². The van der Waals surface area contributed by atoms with Gasteiger partial charge in [-0.2, -0.15) is 0 Å². The lowest BCUT2D eigenvalue weighted by Gasteiger charge is -2.35. The third-order valence-corrected chi connectivity index (χ3v) is 3.39. The van der Waals surface area contributed by atoms with Gasteiger partial charge in [0.1, 0.15) is 6.04 Å². The van der Waals surface area contributed by atoms with Gasteiger partial charge in [-0.25, -0.2) is 9.59 Å². The molecule has 2 aliphatic rings. The number of ether oxygens (including phenoxy) is 1. The molecular weight excluding hydrogens is 282 g/mol. The lowest BCUT2D eigenvalue weighted by atomic mass is 10.2. The molecule has 0 aromatic heterocycles. The average molecular weight is 301 g/mol. The SMILES string of the molecule is O=C(NC1CC1)C1COCCN1C(=O)N[C@H](CO)C(=O)O. The largest absolute Gasteiger partial charge is 0.480 e. The molecule has 4 N–H and O–H groups in total. The van der Waals surface area contributed by atoms with Gasteiger partial charge in [0.15, 0.2) is 6.04 Å². The fraction of sp³-hybridized carbons (Fsp3) is 0.750. The standard InChI is InChI=1S/C12H19N3O6/c16-5-8(11(18)19)14-12(20)15-3-4-21-6-9(15)10(17)13-7-1-2-7/h7-9,16H,1-6H2,(H,13,17)(H,14,20)(H,18,19)/t8-,9?/m1/s1. The van der Waals surface area contributed by atoms with E-state index in [1.165, 1.54) is 4.90 Å². The van der Waals surface area contributed by atoms with Crippen LogP contribution >= 0.6 is 0 Å². The van der Waals surface area contributed by atoms with Gasteiger partial charge in [-0.15, -0.1) is 0 Å². The molecule has 9 nitrogen and oxygen atoms in total. The molecule has 1 saturated heterocycles. The number of rotatable bonds is 5. The van der Waals surface area contributed by atoms with E-state index in [2.05, 4.69) is 10.6 Å². The van der Waals surface area contributed by atoms with E-state index in [9.17, 15) is 14.4 Å². The lowest BCUT2D eigenvalue weighted by molar-refractivity contribution is -0.140. The van der Waals surface area contributed by atoms with Gasteiger partial charge in [0.2, 0.25) is 5.91 Å². The number of nitrogens with one attached hydrogen (secondary N) is 2. The number of carboxylic acids is 1. The van der Waals surface area contributed by atoms with E-state index in [0.717, 1.165) is 12.8 Å². The molecule has 3 amide bonds. The van der Waals surface area contributed by atoms with Crippen molar-refractivity contribution in [2.75, 3.05) is 26.4 Å². The summed E-state index contributed by atoms with van der Waals surface area (Å²) in [4.78, 5) is 36.2. The molecule has 1 aliphatic carbocycles. The van der Waals surface area contributed by atoms with Crippen molar-refractivity contribution in [1.29, 1.82) is 0 Å². The van der Waals surface area contributed by atoms with E-state index in [1.807, 2.05) is 0 Å². The molecule has 0 bridgehead atoms. The number of carbonyl (C=O) groups is 3. The second-order valence-corrected chi connectivity index (χ2v) is 5.09. The maximum atomic E-state index is 12.1. The number of urea groups is 1. The first-order valence-electron chi connectivity index (χ1n) is 6.82. The molecule has 2 atom stereocenters. The zero-order valence-electron chi connectivity index (χ0n) is 11.4. The summed E-state index contributed by atoms with van der Waals surface area (Å²) < 4.78 is 5.22. The molecule has 9 heteroatoms. The van der Waals surface area contributed by atoms with E-state index in [0.29, 0.717) is 0 Å². The molecule has 2 fully saturated rings. The van der Waals surface area contributed by atoms with Crippen molar-refractivity contribution in [3.63, 3.8) is 0 Å². The van der Waals surface area contributed by atoms with Gasteiger partial charge in [0.25, 0.3) is 0 Å². The Balaban J connectivity index is 1.97. The van der Waals surface area contributed by atoms with Gasteiger partial charge >= 0.3 is 12.0 Å². The van der Waals surface area contributed by atoms with Crippen LogP contribution in [0, 0.1) is 0 Å². The quantitative estimate of drug-likeness (QED) is 0.470. The third kappa shape index (κ3) is 4.05. The smallest absolute Gasteiger partial charge is 0.328 e. The normalized spacial score (nSPS) is 23.3. The van der Waals surface area contributed by atoms with Crippen LogP contribution in [0.5, 0.6) is 0 Å². The topological polar surface area (TPSA) is 128 Å². The molecule has 1 unspecified atom stereocenters. The highest BCUT2D eigenvalue weighted by atomic mass is 16.5. The summed E-state index contributed by atoms with van der Waals surface area (Å²) >= 11 is 0. The van der Waals surface area contributed by atoms with Gasteiger partial charge in [0, 0.05) is 12.6 Å². The predicted molar refractivity (Wildman–Crippen MR) is 69.5 cm³/mol. The average Bonchev–Trinajstić information content (AvgIpc) is 3.28. The highest BCUT2D eigenvalue weighted by Crippen LogP contribution is 2.19. The van der Waals surface area contributed by atoms with E-state index in [1.54, 1.807) is 0 Å². The van der Waals surface area contributed by atoms with E-state index < -0.39 is 30.7 Å². The highest BCUT2D eigenvalue weighted by molar-refractivity contribution is 5.89. The number of amides is 3. The fourth-order valence-corrected chi connectivity index (χ4v) is 2.01. The monoisotopic (exact) mass is 301 g/mol. The van der Waals surface area contributed by atoms with Crippen LogP contribution in [0.4, 0.5) is 4.79 Å². The molecule has 1 heterocycles. The number of carbonyl (C=O) groups excluding carboxylic acids is 2. The zero-order chi connectivity index (χ0) is 15.4. The number of morpholine rings is 1. The summed E-state index contributed by atoms with van der Waals surface area (Å²) in [6.45, 7) is -0.183. The van der Waals surface area contributed by atoms with Crippen LogP contribution < -0.4 is 10.6 Å². The second kappa shape index (κ2) is 6.72. The van der Waals surface area contributed by atoms with E-state index in [-0.39, 0.29) is 31.7 Å². The van der Waals surface area contributed by atoms with E-state index >= 15 is 0 Å². The molecule has 2 rings (SSSR count). The van der Waals surface area contributed by atoms with Crippen LogP contribution in [-0.4, -0.2) is 77.5 Å². The Kier molecular flexibility index (Phi) is 4.97. The molecule has 0 aromatic rings. The summed E-state index contributed by atoms with van der Waals surface area (Å²) in [6, 6.07) is -2.72. The maximum Gasteiger partial charge on any atom is 0.328 e. The molecule has 0 aromatic carbocycles. The summed E-state index contributed by atoms with van der Waals surface area (Å²) in [5, 5.41) is 22.7. The van der Waals surface area contributed by atoms with Crippen molar-refractivity contribution < 1.29 is 29.3 Å². The zero-order valence-corrected chi connectivity index (χ0v) is 11.4. The Morgan fingerprint density at radius 2 is 2.05 bits per heavy atom. The number of hydrogen-bond acceptors (Lipinski definition) is 5. The minimum absolute atomic E-state index is 0.0723. The van der Waals surface area contributed by atoms with Crippen molar-refractivity contribution in [3.05, 3.63) is 0 Å². The molecule has 1 aliphatic heterocycles. The predicted octanol–water partition coefficient (Wildman–Crippen LogP) is -1.88.